The van der Waals surface area contributed by atoms with Gasteiger partial charge < -0.3 is 5.32 Å². The average Bonchev–Trinajstić information content (AvgIpc) is 2.34. The molecule has 0 unspecified atom stereocenters. The Hall–Kier alpha value is -1.46. The van der Waals surface area contributed by atoms with Crippen molar-refractivity contribution in [1.82, 2.24) is 9.97 Å². The Bertz CT molecular complexity index is 604. The number of halogens is 2. The van der Waals surface area contributed by atoms with Crippen LogP contribution >= 0.6 is 27.5 Å². The van der Waals surface area contributed by atoms with Crippen molar-refractivity contribution < 1.29 is 4.79 Å². The Morgan fingerprint density at radius 3 is 2.83 bits per heavy atom. The summed E-state index contributed by atoms with van der Waals surface area (Å²) in [5.74, 6) is 0.142. The van der Waals surface area contributed by atoms with Gasteiger partial charge in [0.25, 0.3) is 5.91 Å². The van der Waals surface area contributed by atoms with E-state index in [1.165, 1.54) is 6.20 Å². The molecule has 0 aliphatic rings. The lowest BCUT2D eigenvalue weighted by Gasteiger charge is -2.06. The second-order valence-corrected chi connectivity index (χ2v) is 4.77. The summed E-state index contributed by atoms with van der Waals surface area (Å²) in [6.07, 6.45) is 1.53. The van der Waals surface area contributed by atoms with Crippen LogP contribution in [0.2, 0.25) is 5.15 Å². The molecule has 1 N–H and O–H groups in total. The zero-order chi connectivity index (χ0) is 13.1. The van der Waals surface area contributed by atoms with Gasteiger partial charge in [-0.1, -0.05) is 11.6 Å². The van der Waals surface area contributed by atoms with Crippen LogP contribution in [0, 0.1) is 6.92 Å². The van der Waals surface area contributed by atoms with Crippen molar-refractivity contribution >= 4 is 39.3 Å². The average molecular weight is 327 g/mol. The van der Waals surface area contributed by atoms with Gasteiger partial charge in [-0.2, -0.15) is 0 Å². The minimum absolute atomic E-state index is 0.170. The lowest BCUT2D eigenvalue weighted by atomic mass is 10.2. The molecule has 4 nitrogen and oxygen atoms in total. The van der Waals surface area contributed by atoms with Gasteiger partial charge in [-0.3, -0.25) is 4.79 Å². The monoisotopic (exact) mass is 325 g/mol. The van der Waals surface area contributed by atoms with Crippen LogP contribution in [0.15, 0.2) is 34.9 Å². The predicted molar refractivity (Wildman–Crippen MR) is 73.9 cm³/mol. The third-order valence-corrected chi connectivity index (χ3v) is 3.41. The number of pyridine rings is 2. The van der Waals surface area contributed by atoms with E-state index in [-0.39, 0.29) is 11.1 Å². The second-order valence-electron chi connectivity index (χ2n) is 3.56. The number of carbonyl (C=O) groups is 1. The number of carbonyl (C=O) groups excluding carboxylic acids is 1. The highest BCUT2D eigenvalue weighted by molar-refractivity contribution is 9.10. The Labute approximate surface area is 118 Å². The largest absolute Gasteiger partial charge is 0.306 e. The highest BCUT2D eigenvalue weighted by atomic mass is 79.9. The lowest BCUT2D eigenvalue weighted by Crippen LogP contribution is -2.14. The normalized spacial score (nSPS) is 10.2. The topological polar surface area (TPSA) is 54.9 Å². The lowest BCUT2D eigenvalue weighted by molar-refractivity contribution is 0.102. The molecule has 2 heterocycles. The summed E-state index contributed by atoms with van der Waals surface area (Å²) >= 11 is 9.19. The SMILES string of the molecule is Cc1nc(NC(=O)c2cccnc2Cl)ccc1Br. The number of aryl methyl sites for hydroxylation is 1. The molecule has 0 radical (unpaired) electrons. The van der Waals surface area contributed by atoms with Gasteiger partial charge in [-0.05, 0) is 47.1 Å². The van der Waals surface area contributed by atoms with E-state index < -0.39 is 0 Å². The zero-order valence-electron chi connectivity index (χ0n) is 9.45. The number of hydrogen-bond acceptors (Lipinski definition) is 3. The summed E-state index contributed by atoms with van der Waals surface area (Å²) < 4.78 is 0.889. The maximum Gasteiger partial charge on any atom is 0.259 e. The molecule has 0 atom stereocenters. The fourth-order valence-electron chi connectivity index (χ4n) is 1.35. The van der Waals surface area contributed by atoms with Gasteiger partial charge in [0.05, 0.1) is 11.3 Å². The Kier molecular flexibility index (Phi) is 3.93. The fourth-order valence-corrected chi connectivity index (χ4v) is 1.78. The van der Waals surface area contributed by atoms with Crippen LogP contribution in [0.5, 0.6) is 0 Å². The van der Waals surface area contributed by atoms with Gasteiger partial charge >= 0.3 is 0 Å². The smallest absolute Gasteiger partial charge is 0.259 e. The van der Waals surface area contributed by atoms with Crippen LogP contribution < -0.4 is 5.32 Å². The fraction of sp³-hybridized carbons (Fsp3) is 0.0833. The Morgan fingerprint density at radius 2 is 2.17 bits per heavy atom. The number of amides is 1. The van der Waals surface area contributed by atoms with Crippen molar-refractivity contribution in [3.63, 3.8) is 0 Å². The zero-order valence-corrected chi connectivity index (χ0v) is 11.8. The molecule has 0 fully saturated rings. The molecule has 6 heteroatoms. The first-order valence-corrected chi connectivity index (χ1v) is 6.30. The molecule has 2 rings (SSSR count). The van der Waals surface area contributed by atoms with Crippen LogP contribution in [-0.4, -0.2) is 15.9 Å². The van der Waals surface area contributed by atoms with Gasteiger partial charge in [-0.15, -0.1) is 0 Å². The first-order chi connectivity index (χ1) is 8.58. The van der Waals surface area contributed by atoms with Gasteiger partial charge in [0.15, 0.2) is 0 Å². The van der Waals surface area contributed by atoms with Crippen molar-refractivity contribution in [3.05, 3.63) is 51.3 Å². The summed E-state index contributed by atoms with van der Waals surface area (Å²) in [4.78, 5) is 20.0. The number of hydrogen-bond donors (Lipinski definition) is 1. The molecular formula is C12H9BrClN3O. The van der Waals surface area contributed by atoms with Crippen LogP contribution in [0.25, 0.3) is 0 Å². The van der Waals surface area contributed by atoms with E-state index in [0.29, 0.717) is 11.4 Å². The molecule has 2 aromatic heterocycles. The van der Waals surface area contributed by atoms with Crippen molar-refractivity contribution in [2.75, 3.05) is 5.32 Å². The van der Waals surface area contributed by atoms with Gasteiger partial charge in [0.2, 0.25) is 0 Å². The quantitative estimate of drug-likeness (QED) is 0.860. The van der Waals surface area contributed by atoms with E-state index >= 15 is 0 Å². The number of aromatic nitrogens is 2. The van der Waals surface area contributed by atoms with Crippen LogP contribution in [0.1, 0.15) is 16.1 Å². The summed E-state index contributed by atoms with van der Waals surface area (Å²) in [6.45, 7) is 1.84. The van der Waals surface area contributed by atoms with E-state index in [1.807, 2.05) is 13.0 Å². The number of nitrogens with zero attached hydrogens (tertiary/aromatic N) is 2. The molecule has 0 saturated heterocycles. The highest BCUT2D eigenvalue weighted by Gasteiger charge is 2.11. The molecule has 0 aliphatic carbocycles. The Morgan fingerprint density at radius 1 is 1.39 bits per heavy atom. The molecule has 0 saturated carbocycles. The third kappa shape index (κ3) is 2.86. The highest BCUT2D eigenvalue weighted by Crippen LogP contribution is 2.18. The molecule has 1 amide bonds. The summed E-state index contributed by atoms with van der Waals surface area (Å²) in [6, 6.07) is 6.79. The first-order valence-electron chi connectivity index (χ1n) is 5.13. The number of anilines is 1. The molecule has 92 valence electrons. The molecule has 2 aromatic rings. The summed E-state index contributed by atoms with van der Waals surface area (Å²) in [7, 11) is 0. The first kappa shape index (κ1) is 13.0. The van der Waals surface area contributed by atoms with Crippen molar-refractivity contribution in [1.29, 1.82) is 0 Å². The van der Waals surface area contributed by atoms with Crippen molar-refractivity contribution in [2.24, 2.45) is 0 Å². The standard InChI is InChI=1S/C12H9BrClN3O/c1-7-9(13)4-5-10(16-7)17-12(18)8-3-2-6-15-11(8)14/h2-6H,1H3,(H,16,17,18). The summed E-state index contributed by atoms with van der Waals surface area (Å²) in [5.41, 5.74) is 1.12. The number of nitrogens with one attached hydrogen (secondary N) is 1. The van der Waals surface area contributed by atoms with E-state index in [0.717, 1.165) is 10.2 Å². The van der Waals surface area contributed by atoms with Crippen LogP contribution in [-0.2, 0) is 0 Å². The van der Waals surface area contributed by atoms with Crippen LogP contribution in [0.4, 0.5) is 5.82 Å². The maximum absolute atomic E-state index is 11.9. The van der Waals surface area contributed by atoms with Crippen LogP contribution in [0.3, 0.4) is 0 Å². The second kappa shape index (κ2) is 5.46. The van der Waals surface area contributed by atoms with Gasteiger partial charge in [0.1, 0.15) is 11.0 Å². The van der Waals surface area contributed by atoms with E-state index in [9.17, 15) is 4.79 Å². The van der Waals surface area contributed by atoms with Gasteiger partial charge in [0, 0.05) is 10.7 Å². The molecular weight excluding hydrogens is 318 g/mol. The molecule has 18 heavy (non-hydrogen) atoms. The minimum atomic E-state index is -0.331. The molecule has 0 bridgehead atoms. The van der Waals surface area contributed by atoms with E-state index in [4.69, 9.17) is 11.6 Å². The van der Waals surface area contributed by atoms with Gasteiger partial charge in [-0.25, -0.2) is 9.97 Å². The van der Waals surface area contributed by atoms with Crippen molar-refractivity contribution in [3.8, 4) is 0 Å². The predicted octanol–water partition coefficient (Wildman–Crippen LogP) is 3.45. The molecule has 0 spiro atoms. The molecule has 0 aliphatic heterocycles. The van der Waals surface area contributed by atoms with E-state index in [2.05, 4.69) is 31.2 Å². The Balaban J connectivity index is 2.22. The van der Waals surface area contributed by atoms with E-state index in [1.54, 1.807) is 18.2 Å². The molecule has 0 aromatic carbocycles. The third-order valence-electron chi connectivity index (χ3n) is 2.27. The minimum Gasteiger partial charge on any atom is -0.306 e. The number of rotatable bonds is 2. The maximum atomic E-state index is 11.9. The van der Waals surface area contributed by atoms with Crippen molar-refractivity contribution in [2.45, 2.75) is 6.92 Å². The summed E-state index contributed by atoms with van der Waals surface area (Å²) in [5, 5.41) is 2.84.